The number of amides is 1. The molecule has 1 aliphatic heterocycles. The molecule has 31 heavy (non-hydrogen) atoms. The first kappa shape index (κ1) is 22.4. The molecule has 3 rings (SSSR count). The van der Waals surface area contributed by atoms with Crippen molar-refractivity contribution in [2.24, 2.45) is 0 Å². The highest BCUT2D eigenvalue weighted by Gasteiger charge is 2.17. The van der Waals surface area contributed by atoms with Crippen molar-refractivity contribution in [2.45, 2.75) is 0 Å². The van der Waals surface area contributed by atoms with E-state index in [0.29, 0.717) is 11.5 Å². The van der Waals surface area contributed by atoms with E-state index < -0.39 is 0 Å². The summed E-state index contributed by atoms with van der Waals surface area (Å²) in [5.74, 6) is 2.16. The van der Waals surface area contributed by atoms with E-state index in [0.717, 1.165) is 48.6 Å². The minimum atomic E-state index is 0.0102. The van der Waals surface area contributed by atoms with Crippen molar-refractivity contribution >= 4 is 24.1 Å². The number of hydrogen-bond donors (Lipinski definition) is 0. The molecule has 6 nitrogen and oxygen atoms in total. The highest BCUT2D eigenvalue weighted by atomic mass is 16.5. The molecule has 0 saturated carbocycles. The van der Waals surface area contributed by atoms with Crippen molar-refractivity contribution < 1.29 is 19.0 Å². The van der Waals surface area contributed by atoms with Crippen LogP contribution in [0.3, 0.4) is 0 Å². The number of carbonyl (C=O) groups is 1. The molecule has 1 fully saturated rings. The zero-order chi connectivity index (χ0) is 22.2. The van der Waals surface area contributed by atoms with Crippen LogP contribution in [0.2, 0.25) is 0 Å². The summed E-state index contributed by atoms with van der Waals surface area (Å²) in [6, 6.07) is 11.6. The second-order valence-corrected chi connectivity index (χ2v) is 7.40. The maximum Gasteiger partial charge on any atom is 0.246 e. The highest BCUT2D eigenvalue weighted by Crippen LogP contribution is 2.31. The van der Waals surface area contributed by atoms with E-state index >= 15 is 0 Å². The number of methoxy groups -OCH3 is 3. The Labute approximate surface area is 184 Å². The van der Waals surface area contributed by atoms with Gasteiger partial charge in [0.15, 0.2) is 0 Å². The number of ether oxygens (including phenoxy) is 3. The van der Waals surface area contributed by atoms with Crippen molar-refractivity contribution in [1.29, 1.82) is 0 Å². The fourth-order valence-corrected chi connectivity index (χ4v) is 3.41. The lowest BCUT2D eigenvalue weighted by Crippen LogP contribution is -2.46. The molecule has 0 N–H and O–H groups in total. The molecule has 0 bridgehead atoms. The fourth-order valence-electron chi connectivity index (χ4n) is 3.41. The number of carbonyl (C=O) groups excluding carboxylic acids is 1. The van der Waals surface area contributed by atoms with E-state index in [4.69, 9.17) is 14.2 Å². The van der Waals surface area contributed by atoms with Crippen LogP contribution in [-0.2, 0) is 4.79 Å². The molecule has 0 aromatic heterocycles. The third-order valence-corrected chi connectivity index (χ3v) is 5.38. The Kier molecular flexibility index (Phi) is 7.73. The van der Waals surface area contributed by atoms with Crippen LogP contribution < -0.4 is 14.2 Å². The van der Waals surface area contributed by atoms with E-state index in [1.807, 2.05) is 59.5 Å². The summed E-state index contributed by atoms with van der Waals surface area (Å²) in [7, 11) is 6.96. The van der Waals surface area contributed by atoms with Crippen molar-refractivity contribution in [3.05, 3.63) is 59.2 Å². The number of nitrogens with zero attached hydrogens (tertiary/aromatic N) is 2. The zero-order valence-electron chi connectivity index (χ0n) is 18.6. The monoisotopic (exact) mass is 422 g/mol. The number of hydrogen-bond acceptors (Lipinski definition) is 5. The van der Waals surface area contributed by atoms with Gasteiger partial charge in [0, 0.05) is 43.9 Å². The molecule has 1 aliphatic rings. The summed E-state index contributed by atoms with van der Waals surface area (Å²) in [5, 5.41) is 0. The zero-order valence-corrected chi connectivity index (χ0v) is 18.6. The second kappa shape index (κ2) is 10.7. The summed E-state index contributed by atoms with van der Waals surface area (Å²) in [5.41, 5.74) is 2.76. The molecule has 164 valence electrons. The van der Waals surface area contributed by atoms with E-state index in [2.05, 4.69) is 11.9 Å². The first-order chi connectivity index (χ1) is 15.0. The van der Waals surface area contributed by atoms with Gasteiger partial charge in [0.05, 0.1) is 21.3 Å². The molecule has 2 aromatic carbocycles. The molecular formula is C25H30N2O4. The maximum atomic E-state index is 12.7. The standard InChI is InChI=1S/C25H30N2O4/c1-26-13-15-27(16-14-26)25(28)12-11-23-20(17-22(30-3)18-24(23)31-4)8-5-19-6-9-21(29-2)10-7-19/h5-12,17-18H,13-16H2,1-4H3/b8-5+,12-11+. The molecule has 1 amide bonds. The van der Waals surface area contributed by atoms with Crippen LogP contribution >= 0.6 is 0 Å². The SMILES string of the molecule is COc1ccc(/C=C/c2cc(OC)cc(OC)c2/C=C/C(=O)N2CCN(C)CC2)cc1. The smallest absolute Gasteiger partial charge is 0.246 e. The molecule has 2 aromatic rings. The Hall–Kier alpha value is -3.25. The van der Waals surface area contributed by atoms with Gasteiger partial charge in [0.2, 0.25) is 5.91 Å². The van der Waals surface area contributed by atoms with E-state index in [1.54, 1.807) is 27.4 Å². The third-order valence-electron chi connectivity index (χ3n) is 5.38. The third kappa shape index (κ3) is 5.89. The van der Waals surface area contributed by atoms with Gasteiger partial charge in [0.25, 0.3) is 0 Å². The maximum absolute atomic E-state index is 12.7. The van der Waals surface area contributed by atoms with E-state index in [9.17, 15) is 4.79 Å². The predicted molar refractivity (Wildman–Crippen MR) is 125 cm³/mol. The van der Waals surface area contributed by atoms with E-state index in [1.165, 1.54) is 0 Å². The Balaban J connectivity index is 1.88. The lowest BCUT2D eigenvalue weighted by molar-refractivity contribution is -0.127. The second-order valence-electron chi connectivity index (χ2n) is 7.40. The Bertz CT molecular complexity index is 943. The molecule has 1 saturated heterocycles. The summed E-state index contributed by atoms with van der Waals surface area (Å²) in [4.78, 5) is 16.8. The van der Waals surface area contributed by atoms with Crippen molar-refractivity contribution in [2.75, 3.05) is 54.6 Å². The molecule has 0 atom stereocenters. The quantitative estimate of drug-likeness (QED) is 0.503. The van der Waals surface area contributed by atoms with Crippen LogP contribution in [0, 0.1) is 0 Å². The minimum absolute atomic E-state index is 0.0102. The van der Waals surface area contributed by atoms with Crippen molar-refractivity contribution in [3.8, 4) is 17.2 Å². The van der Waals surface area contributed by atoms with Gasteiger partial charge >= 0.3 is 0 Å². The Morgan fingerprint density at radius 2 is 1.52 bits per heavy atom. The number of benzene rings is 2. The number of likely N-dealkylation sites (N-methyl/N-ethyl adjacent to an activating group) is 1. The summed E-state index contributed by atoms with van der Waals surface area (Å²) in [6.07, 6.45) is 7.45. The lowest BCUT2D eigenvalue weighted by Gasteiger charge is -2.31. The largest absolute Gasteiger partial charge is 0.497 e. The number of piperazine rings is 1. The van der Waals surface area contributed by atoms with Crippen LogP contribution in [-0.4, -0.2) is 70.3 Å². The highest BCUT2D eigenvalue weighted by molar-refractivity contribution is 5.93. The van der Waals surface area contributed by atoms with Crippen LogP contribution in [0.25, 0.3) is 18.2 Å². The molecular weight excluding hydrogens is 392 g/mol. The normalized spacial score (nSPS) is 14.9. The molecule has 6 heteroatoms. The molecule has 0 spiro atoms. The van der Waals surface area contributed by atoms with E-state index in [-0.39, 0.29) is 5.91 Å². The van der Waals surface area contributed by atoms with Gasteiger partial charge in [-0.2, -0.15) is 0 Å². The van der Waals surface area contributed by atoms with Gasteiger partial charge in [-0.15, -0.1) is 0 Å². The average Bonchev–Trinajstić information content (AvgIpc) is 2.81. The van der Waals surface area contributed by atoms with Crippen molar-refractivity contribution in [3.63, 3.8) is 0 Å². The molecule has 0 aliphatic carbocycles. The van der Waals surface area contributed by atoms with Crippen LogP contribution in [0.4, 0.5) is 0 Å². The van der Waals surface area contributed by atoms with Crippen LogP contribution in [0.1, 0.15) is 16.7 Å². The van der Waals surface area contributed by atoms with Gasteiger partial charge in [-0.1, -0.05) is 24.3 Å². The Morgan fingerprint density at radius 1 is 0.839 bits per heavy atom. The van der Waals surface area contributed by atoms with Gasteiger partial charge < -0.3 is 24.0 Å². The lowest BCUT2D eigenvalue weighted by atomic mass is 10.0. The number of rotatable bonds is 7. The summed E-state index contributed by atoms with van der Waals surface area (Å²) >= 11 is 0. The minimum Gasteiger partial charge on any atom is -0.497 e. The average molecular weight is 423 g/mol. The van der Waals surface area contributed by atoms with Crippen LogP contribution in [0.15, 0.2) is 42.5 Å². The fraction of sp³-hybridized carbons (Fsp3) is 0.320. The van der Waals surface area contributed by atoms with Gasteiger partial charge in [-0.25, -0.2) is 0 Å². The summed E-state index contributed by atoms with van der Waals surface area (Å²) < 4.78 is 16.2. The van der Waals surface area contributed by atoms with Gasteiger partial charge in [-0.3, -0.25) is 4.79 Å². The topological polar surface area (TPSA) is 51.2 Å². The Morgan fingerprint density at radius 3 is 2.13 bits per heavy atom. The van der Waals surface area contributed by atoms with Gasteiger partial charge in [0.1, 0.15) is 17.2 Å². The molecule has 0 radical (unpaired) electrons. The predicted octanol–water partition coefficient (Wildman–Crippen LogP) is 3.67. The summed E-state index contributed by atoms with van der Waals surface area (Å²) in [6.45, 7) is 3.26. The molecule has 0 unspecified atom stereocenters. The first-order valence-corrected chi connectivity index (χ1v) is 10.3. The van der Waals surface area contributed by atoms with Crippen molar-refractivity contribution in [1.82, 2.24) is 9.80 Å². The first-order valence-electron chi connectivity index (χ1n) is 10.3. The van der Waals surface area contributed by atoms with Gasteiger partial charge in [-0.05, 0) is 42.4 Å². The molecule has 1 heterocycles. The van der Waals surface area contributed by atoms with Crippen LogP contribution in [0.5, 0.6) is 17.2 Å².